The van der Waals surface area contributed by atoms with Crippen molar-refractivity contribution in [3.8, 4) is 0 Å². The second kappa shape index (κ2) is 6.60. The van der Waals surface area contributed by atoms with Gasteiger partial charge in [0.25, 0.3) is 0 Å². The summed E-state index contributed by atoms with van der Waals surface area (Å²) in [6.45, 7) is 4.60. The molecular weight excluding hydrogens is 283 g/mol. The molecule has 1 N–H and O–H groups in total. The molecule has 1 fully saturated rings. The third kappa shape index (κ3) is 3.85. The molecule has 0 spiro atoms. The highest BCUT2D eigenvalue weighted by Gasteiger charge is 2.22. The summed E-state index contributed by atoms with van der Waals surface area (Å²) in [5.41, 5.74) is 0.974. The van der Waals surface area contributed by atoms with Gasteiger partial charge in [-0.2, -0.15) is 0 Å². The number of hydrogen-bond donors (Lipinski definition) is 1. The molecule has 1 saturated heterocycles. The van der Waals surface area contributed by atoms with Crippen LogP contribution in [0.15, 0.2) is 18.2 Å². The Balaban J connectivity index is 1.92. The Hall–Kier alpha value is -0.770. The van der Waals surface area contributed by atoms with Crippen molar-refractivity contribution in [2.24, 2.45) is 0 Å². The van der Waals surface area contributed by atoms with Gasteiger partial charge in [-0.05, 0) is 31.0 Å². The van der Waals surface area contributed by atoms with Gasteiger partial charge < -0.3 is 10.2 Å². The van der Waals surface area contributed by atoms with Gasteiger partial charge in [-0.1, -0.05) is 29.3 Å². The van der Waals surface area contributed by atoms with E-state index >= 15 is 0 Å². The van der Waals surface area contributed by atoms with E-state index in [1.165, 1.54) is 0 Å². The van der Waals surface area contributed by atoms with Gasteiger partial charge in [0, 0.05) is 42.1 Å². The molecule has 5 heteroatoms. The largest absolute Gasteiger partial charge is 0.337 e. The van der Waals surface area contributed by atoms with E-state index in [9.17, 15) is 4.79 Å². The van der Waals surface area contributed by atoms with Crippen LogP contribution in [0.3, 0.4) is 0 Å². The van der Waals surface area contributed by atoms with E-state index in [-0.39, 0.29) is 11.9 Å². The smallest absolute Gasteiger partial charge is 0.223 e. The Morgan fingerprint density at radius 2 is 2.26 bits per heavy atom. The van der Waals surface area contributed by atoms with Crippen LogP contribution in [0.25, 0.3) is 0 Å². The average Bonchev–Trinajstić information content (AvgIpc) is 2.38. The highest BCUT2D eigenvalue weighted by molar-refractivity contribution is 6.35. The van der Waals surface area contributed by atoms with Crippen LogP contribution in [-0.4, -0.2) is 36.5 Å². The minimum absolute atomic E-state index is 0.194. The number of aryl methyl sites for hydroxylation is 1. The fraction of sp³-hybridized carbons (Fsp3) is 0.500. The van der Waals surface area contributed by atoms with Crippen LogP contribution in [0.4, 0.5) is 0 Å². The standard InChI is InChI=1S/C14H18Cl2N2O/c1-10-9-17-6-7-18(10)14(19)5-3-11-2-4-12(15)8-13(11)16/h2,4,8,10,17H,3,5-7,9H2,1H3/t10-/m1/s1. The summed E-state index contributed by atoms with van der Waals surface area (Å²) in [6.07, 6.45) is 1.15. The van der Waals surface area contributed by atoms with Gasteiger partial charge in [-0.3, -0.25) is 4.79 Å². The van der Waals surface area contributed by atoms with Crippen LogP contribution < -0.4 is 5.32 Å². The molecule has 0 radical (unpaired) electrons. The Morgan fingerprint density at radius 3 is 2.95 bits per heavy atom. The molecule has 1 aromatic carbocycles. The topological polar surface area (TPSA) is 32.3 Å². The first kappa shape index (κ1) is 14.6. The second-order valence-electron chi connectivity index (χ2n) is 4.88. The molecule has 3 nitrogen and oxygen atoms in total. The molecule has 0 aliphatic carbocycles. The minimum Gasteiger partial charge on any atom is -0.337 e. The van der Waals surface area contributed by atoms with Crippen LogP contribution in [0.2, 0.25) is 10.0 Å². The van der Waals surface area contributed by atoms with Crippen LogP contribution >= 0.6 is 23.2 Å². The fourth-order valence-electron chi connectivity index (χ4n) is 2.32. The minimum atomic E-state index is 0.194. The molecule has 1 heterocycles. The number of amides is 1. The predicted molar refractivity (Wildman–Crippen MR) is 78.8 cm³/mol. The van der Waals surface area contributed by atoms with Crippen molar-refractivity contribution < 1.29 is 4.79 Å². The van der Waals surface area contributed by atoms with E-state index in [0.717, 1.165) is 25.2 Å². The third-order valence-corrected chi connectivity index (χ3v) is 4.03. The van der Waals surface area contributed by atoms with E-state index < -0.39 is 0 Å². The fourth-order valence-corrected chi connectivity index (χ4v) is 2.82. The van der Waals surface area contributed by atoms with Gasteiger partial charge in [-0.15, -0.1) is 0 Å². The maximum atomic E-state index is 12.2. The Morgan fingerprint density at radius 1 is 1.47 bits per heavy atom. The number of benzene rings is 1. The zero-order valence-corrected chi connectivity index (χ0v) is 12.5. The molecule has 2 rings (SSSR count). The summed E-state index contributed by atoms with van der Waals surface area (Å²) in [4.78, 5) is 14.1. The van der Waals surface area contributed by atoms with Crippen molar-refractivity contribution in [1.82, 2.24) is 10.2 Å². The molecule has 1 amide bonds. The lowest BCUT2D eigenvalue weighted by atomic mass is 10.1. The number of halogens is 2. The summed E-state index contributed by atoms with van der Waals surface area (Å²) < 4.78 is 0. The van der Waals surface area contributed by atoms with E-state index in [1.807, 2.05) is 11.0 Å². The molecule has 1 aliphatic heterocycles. The summed E-state index contributed by atoms with van der Waals surface area (Å²) >= 11 is 12.0. The second-order valence-corrected chi connectivity index (χ2v) is 5.72. The third-order valence-electron chi connectivity index (χ3n) is 3.44. The normalized spacial score (nSPS) is 19.5. The monoisotopic (exact) mass is 300 g/mol. The molecule has 1 aromatic rings. The van der Waals surface area contributed by atoms with Crippen LogP contribution in [0.1, 0.15) is 18.9 Å². The molecular formula is C14H18Cl2N2O. The van der Waals surface area contributed by atoms with Gasteiger partial charge >= 0.3 is 0 Å². The first-order valence-electron chi connectivity index (χ1n) is 6.52. The molecule has 0 aromatic heterocycles. The molecule has 0 bridgehead atoms. The number of nitrogens with one attached hydrogen (secondary N) is 1. The molecule has 1 aliphatic rings. The van der Waals surface area contributed by atoms with Crippen LogP contribution in [-0.2, 0) is 11.2 Å². The Bertz CT molecular complexity index is 465. The quantitative estimate of drug-likeness (QED) is 0.931. The molecule has 104 valence electrons. The zero-order valence-electron chi connectivity index (χ0n) is 11.0. The van der Waals surface area contributed by atoms with E-state index in [2.05, 4.69) is 12.2 Å². The van der Waals surface area contributed by atoms with E-state index in [1.54, 1.807) is 12.1 Å². The number of carbonyl (C=O) groups is 1. The average molecular weight is 301 g/mol. The summed E-state index contributed by atoms with van der Waals surface area (Å²) in [5.74, 6) is 0.194. The Labute approximate surface area is 123 Å². The summed E-state index contributed by atoms with van der Waals surface area (Å²) in [7, 11) is 0. The van der Waals surface area contributed by atoms with Crippen molar-refractivity contribution in [2.45, 2.75) is 25.8 Å². The maximum absolute atomic E-state index is 12.2. The number of piperazine rings is 1. The SMILES string of the molecule is C[C@@H]1CNCCN1C(=O)CCc1ccc(Cl)cc1Cl. The van der Waals surface area contributed by atoms with Crippen molar-refractivity contribution in [3.63, 3.8) is 0 Å². The summed E-state index contributed by atoms with van der Waals surface area (Å²) in [5, 5.41) is 4.53. The van der Waals surface area contributed by atoms with Crippen molar-refractivity contribution >= 4 is 29.1 Å². The van der Waals surface area contributed by atoms with Gasteiger partial charge in [0.1, 0.15) is 0 Å². The highest BCUT2D eigenvalue weighted by atomic mass is 35.5. The Kier molecular flexibility index (Phi) is 5.08. The molecule has 19 heavy (non-hydrogen) atoms. The van der Waals surface area contributed by atoms with Gasteiger partial charge in [0.15, 0.2) is 0 Å². The zero-order chi connectivity index (χ0) is 13.8. The summed E-state index contributed by atoms with van der Waals surface area (Å²) in [6, 6.07) is 5.68. The van der Waals surface area contributed by atoms with E-state index in [0.29, 0.717) is 22.9 Å². The molecule has 0 saturated carbocycles. The van der Waals surface area contributed by atoms with Crippen molar-refractivity contribution in [2.75, 3.05) is 19.6 Å². The number of nitrogens with zero attached hydrogens (tertiary/aromatic N) is 1. The first-order valence-corrected chi connectivity index (χ1v) is 7.27. The predicted octanol–water partition coefficient (Wildman–Crippen LogP) is 2.75. The van der Waals surface area contributed by atoms with Gasteiger partial charge in [0.2, 0.25) is 5.91 Å². The lowest BCUT2D eigenvalue weighted by Gasteiger charge is -2.34. The van der Waals surface area contributed by atoms with Gasteiger partial charge in [-0.25, -0.2) is 0 Å². The van der Waals surface area contributed by atoms with Crippen molar-refractivity contribution in [3.05, 3.63) is 33.8 Å². The number of rotatable bonds is 3. The van der Waals surface area contributed by atoms with Crippen LogP contribution in [0, 0.1) is 0 Å². The van der Waals surface area contributed by atoms with Crippen molar-refractivity contribution in [1.29, 1.82) is 0 Å². The van der Waals surface area contributed by atoms with Gasteiger partial charge in [0.05, 0.1) is 0 Å². The lowest BCUT2D eigenvalue weighted by molar-refractivity contribution is -0.133. The first-order chi connectivity index (χ1) is 9.08. The highest BCUT2D eigenvalue weighted by Crippen LogP contribution is 2.22. The number of carbonyl (C=O) groups excluding carboxylic acids is 1. The maximum Gasteiger partial charge on any atom is 0.223 e. The van der Waals surface area contributed by atoms with Crippen LogP contribution in [0.5, 0.6) is 0 Å². The molecule has 0 unspecified atom stereocenters. The number of hydrogen-bond acceptors (Lipinski definition) is 2. The lowest BCUT2D eigenvalue weighted by Crippen LogP contribution is -2.52. The molecule has 1 atom stereocenters. The van der Waals surface area contributed by atoms with E-state index in [4.69, 9.17) is 23.2 Å².